The molecule has 0 radical (unpaired) electrons. The molecule has 0 amide bonds. The minimum Gasteiger partial charge on any atom is -0.494 e. The van der Waals surface area contributed by atoms with Gasteiger partial charge in [0.1, 0.15) is 17.5 Å². The van der Waals surface area contributed by atoms with Crippen molar-refractivity contribution in [2.24, 2.45) is 65.4 Å². The number of allylic oxidation sites excluding steroid dienone is 1. The fraction of sp³-hybridized carbons (Fsp3) is 0.696. The smallest absolute Gasteiger partial charge is 0.330 e. The minimum absolute atomic E-state index is 0.0212. The maximum atomic E-state index is 12.9. The van der Waals surface area contributed by atoms with E-state index in [1.807, 2.05) is 24.3 Å². The fourth-order valence-corrected chi connectivity index (χ4v) is 11.4. The molecule has 6 rings (SSSR count). The number of aliphatic imine (C=N–C) groups is 1. The maximum Gasteiger partial charge on any atom is 0.330 e. The van der Waals surface area contributed by atoms with Crippen LogP contribution >= 0.6 is 0 Å². The van der Waals surface area contributed by atoms with E-state index < -0.39 is 5.56 Å². The zero-order valence-corrected chi connectivity index (χ0v) is 34.3. The van der Waals surface area contributed by atoms with Crippen LogP contribution in [0.5, 0.6) is 5.75 Å². The standard InChI is InChI=1S/C46H67N3O5/c1-31(2)12-11-13-32(3)38-21-22-39-37-20-17-34-28-36(23-25-45(34,4)40(37)24-26-46(38,39)5)54-42(50)14-9-8-10-27-53-35-18-15-33(16-19-35)29-47-41-30-48(6)44(52)49(7)43(41)51/h15-19,29-32,36-40H,8-14,20-28H2,1-7H3/t32-,36?,37+,38-,39+,40+,45+,46-/m1/s1. The van der Waals surface area contributed by atoms with Crippen LogP contribution in [0.3, 0.4) is 0 Å². The van der Waals surface area contributed by atoms with Crippen LogP contribution in [0.1, 0.15) is 136 Å². The molecule has 0 N–H and O–H groups in total. The first kappa shape index (κ1) is 40.2. The van der Waals surface area contributed by atoms with Gasteiger partial charge in [-0.15, -0.1) is 0 Å². The Kier molecular flexibility index (Phi) is 12.8. The lowest BCUT2D eigenvalue weighted by Crippen LogP contribution is -2.51. The number of benzene rings is 1. The monoisotopic (exact) mass is 742 g/mol. The number of hydrogen-bond acceptors (Lipinski definition) is 6. The second-order valence-corrected chi connectivity index (χ2v) is 18.4. The molecule has 3 fully saturated rings. The topological polar surface area (TPSA) is 91.9 Å². The molecular weight excluding hydrogens is 675 g/mol. The van der Waals surface area contributed by atoms with Gasteiger partial charge in [-0.3, -0.25) is 14.2 Å². The Labute approximate surface area is 323 Å². The molecule has 8 nitrogen and oxygen atoms in total. The lowest BCUT2D eigenvalue weighted by Gasteiger charge is -2.58. The van der Waals surface area contributed by atoms with Gasteiger partial charge in [-0.2, -0.15) is 0 Å². The molecule has 54 heavy (non-hydrogen) atoms. The molecule has 1 aromatic carbocycles. The number of aryl methyl sites for hydroxylation is 1. The summed E-state index contributed by atoms with van der Waals surface area (Å²) in [6.45, 7) is 13.1. The van der Waals surface area contributed by atoms with Crippen molar-refractivity contribution < 1.29 is 14.3 Å². The first-order valence-corrected chi connectivity index (χ1v) is 21.2. The number of fused-ring (bicyclic) bond motifs is 5. The molecule has 2 aromatic rings. The van der Waals surface area contributed by atoms with Gasteiger partial charge in [0.25, 0.3) is 5.56 Å². The van der Waals surface area contributed by atoms with Crippen molar-refractivity contribution in [2.75, 3.05) is 6.61 Å². The molecule has 8 heteroatoms. The summed E-state index contributed by atoms with van der Waals surface area (Å²) in [5.41, 5.74) is 2.57. The highest BCUT2D eigenvalue weighted by Gasteiger charge is 2.59. The van der Waals surface area contributed by atoms with E-state index in [-0.39, 0.29) is 28.9 Å². The Hall–Kier alpha value is -3.42. The van der Waals surface area contributed by atoms with Crippen molar-refractivity contribution in [3.63, 3.8) is 0 Å². The zero-order valence-electron chi connectivity index (χ0n) is 34.3. The highest BCUT2D eigenvalue weighted by atomic mass is 16.5. The van der Waals surface area contributed by atoms with E-state index in [9.17, 15) is 14.4 Å². The van der Waals surface area contributed by atoms with Gasteiger partial charge in [0.15, 0.2) is 0 Å². The number of carbonyl (C=O) groups excluding carboxylic acids is 1. The molecule has 4 aliphatic carbocycles. The van der Waals surface area contributed by atoms with Gasteiger partial charge in [-0.1, -0.05) is 65.5 Å². The van der Waals surface area contributed by atoms with Crippen LogP contribution in [0.2, 0.25) is 0 Å². The van der Waals surface area contributed by atoms with Crippen molar-refractivity contribution in [3.05, 3.63) is 68.5 Å². The maximum absolute atomic E-state index is 12.9. The summed E-state index contributed by atoms with van der Waals surface area (Å²) in [6, 6.07) is 7.51. The summed E-state index contributed by atoms with van der Waals surface area (Å²) in [4.78, 5) is 41.4. The summed E-state index contributed by atoms with van der Waals surface area (Å²) in [7, 11) is 3.03. The van der Waals surface area contributed by atoms with Gasteiger partial charge in [-0.25, -0.2) is 9.79 Å². The highest BCUT2D eigenvalue weighted by Crippen LogP contribution is 2.67. The third-order valence-electron chi connectivity index (χ3n) is 14.5. The van der Waals surface area contributed by atoms with E-state index in [2.05, 4.69) is 45.7 Å². The summed E-state index contributed by atoms with van der Waals surface area (Å²) in [6.07, 6.45) is 22.8. The van der Waals surface area contributed by atoms with Gasteiger partial charge in [0.05, 0.1) is 6.61 Å². The Morgan fingerprint density at radius 3 is 2.48 bits per heavy atom. The van der Waals surface area contributed by atoms with Crippen LogP contribution in [-0.2, 0) is 23.6 Å². The van der Waals surface area contributed by atoms with Gasteiger partial charge in [0.2, 0.25) is 0 Å². The van der Waals surface area contributed by atoms with Crippen LogP contribution < -0.4 is 16.0 Å². The molecule has 0 spiro atoms. The predicted molar refractivity (Wildman–Crippen MR) is 218 cm³/mol. The van der Waals surface area contributed by atoms with E-state index in [1.165, 1.54) is 69.2 Å². The second kappa shape index (κ2) is 17.2. The van der Waals surface area contributed by atoms with Crippen molar-refractivity contribution in [1.82, 2.24) is 9.13 Å². The van der Waals surface area contributed by atoms with E-state index in [0.29, 0.717) is 18.4 Å². The fourth-order valence-electron chi connectivity index (χ4n) is 11.4. The van der Waals surface area contributed by atoms with Crippen LogP contribution in [0, 0.1) is 46.3 Å². The van der Waals surface area contributed by atoms with Gasteiger partial charge in [-0.05, 0) is 140 Å². The Morgan fingerprint density at radius 2 is 1.72 bits per heavy atom. The third kappa shape index (κ3) is 8.68. The quantitative estimate of drug-likeness (QED) is 0.0785. The molecule has 296 valence electrons. The molecule has 0 bridgehead atoms. The van der Waals surface area contributed by atoms with Crippen LogP contribution in [0.25, 0.3) is 0 Å². The SMILES string of the molecule is CC(C)CCC[C@@H](C)[C@H]1CC[C@H]2[C@@H]3CC=C4CC(OC(=O)CCCCCOc5ccc(C=Nc6cn(C)c(=O)n(C)c6=O)cc5)CC[C@]4(C)[C@H]3CC[C@]12C. The molecule has 3 saturated carbocycles. The number of nitrogens with zero attached hydrogens (tertiary/aromatic N) is 3. The van der Waals surface area contributed by atoms with E-state index in [0.717, 1.165) is 89.9 Å². The largest absolute Gasteiger partial charge is 0.494 e. The first-order chi connectivity index (χ1) is 25.8. The number of unbranched alkanes of at least 4 members (excludes halogenated alkanes) is 2. The number of rotatable bonds is 15. The van der Waals surface area contributed by atoms with Crippen molar-refractivity contribution in [3.8, 4) is 5.75 Å². The molecular formula is C46H67N3O5. The zero-order chi connectivity index (χ0) is 38.6. The number of ether oxygens (including phenoxy) is 2. The van der Waals surface area contributed by atoms with E-state index in [1.54, 1.807) is 18.8 Å². The normalized spacial score (nSPS) is 29.7. The van der Waals surface area contributed by atoms with Crippen molar-refractivity contribution in [1.29, 1.82) is 0 Å². The molecule has 1 heterocycles. The molecule has 1 aromatic heterocycles. The molecule has 8 atom stereocenters. The highest BCUT2D eigenvalue weighted by molar-refractivity contribution is 5.81. The number of carbonyl (C=O) groups is 1. The molecule has 1 unspecified atom stereocenters. The summed E-state index contributed by atoms with van der Waals surface area (Å²) >= 11 is 0. The average molecular weight is 742 g/mol. The lowest BCUT2D eigenvalue weighted by atomic mass is 9.47. The van der Waals surface area contributed by atoms with Crippen molar-refractivity contribution in [2.45, 2.75) is 137 Å². The van der Waals surface area contributed by atoms with E-state index in [4.69, 9.17) is 9.47 Å². The van der Waals surface area contributed by atoms with Crippen LogP contribution in [0.15, 0.2) is 56.7 Å². The van der Waals surface area contributed by atoms with Gasteiger partial charge in [0, 0.05) is 39.3 Å². The first-order valence-electron chi connectivity index (χ1n) is 21.2. The Balaban J connectivity index is 0.901. The van der Waals surface area contributed by atoms with Crippen molar-refractivity contribution >= 4 is 17.9 Å². The van der Waals surface area contributed by atoms with Crippen LogP contribution in [-0.4, -0.2) is 34.0 Å². The molecule has 4 aliphatic rings. The van der Waals surface area contributed by atoms with Crippen LogP contribution in [0.4, 0.5) is 5.69 Å². The second-order valence-electron chi connectivity index (χ2n) is 18.4. The molecule has 0 aliphatic heterocycles. The predicted octanol–water partition coefficient (Wildman–Crippen LogP) is 9.73. The van der Waals surface area contributed by atoms with Gasteiger partial charge < -0.3 is 14.0 Å². The molecule has 0 saturated heterocycles. The Bertz CT molecular complexity index is 1790. The van der Waals surface area contributed by atoms with Gasteiger partial charge >= 0.3 is 11.7 Å². The Morgan fingerprint density at radius 1 is 0.944 bits per heavy atom. The number of esters is 1. The lowest BCUT2D eigenvalue weighted by molar-refractivity contribution is -0.151. The summed E-state index contributed by atoms with van der Waals surface area (Å²) in [5, 5.41) is 0. The third-order valence-corrected chi connectivity index (χ3v) is 14.5. The number of aromatic nitrogens is 2. The minimum atomic E-state index is -0.430. The number of hydrogen-bond donors (Lipinski definition) is 0. The summed E-state index contributed by atoms with van der Waals surface area (Å²) < 4.78 is 14.4. The average Bonchev–Trinajstić information content (AvgIpc) is 3.51. The van der Waals surface area contributed by atoms with E-state index >= 15 is 0 Å². The summed E-state index contributed by atoms with van der Waals surface area (Å²) in [5.74, 6) is 5.73.